The van der Waals surface area contributed by atoms with E-state index < -0.39 is 0 Å². The van der Waals surface area contributed by atoms with E-state index >= 15 is 0 Å². The van der Waals surface area contributed by atoms with Crippen LogP contribution in [0.2, 0.25) is 0 Å². The topological polar surface area (TPSA) is 59.4 Å². The van der Waals surface area contributed by atoms with Crippen LogP contribution in [-0.4, -0.2) is 52.2 Å². The van der Waals surface area contributed by atoms with Gasteiger partial charge in [0.15, 0.2) is 0 Å². The second kappa shape index (κ2) is 6.15. The molecule has 6 heteroatoms. The number of nitrogens with zero attached hydrogens (tertiary/aromatic N) is 3. The predicted molar refractivity (Wildman–Crippen MR) is 78.7 cm³/mol. The minimum atomic E-state index is -0.239. The van der Waals surface area contributed by atoms with Gasteiger partial charge in [-0.15, -0.1) is 0 Å². The fourth-order valence-electron chi connectivity index (χ4n) is 3.28. The number of aryl methyl sites for hydroxylation is 1. The fourth-order valence-corrected chi connectivity index (χ4v) is 3.28. The van der Waals surface area contributed by atoms with Crippen molar-refractivity contribution in [2.75, 3.05) is 26.2 Å². The first-order valence-electron chi connectivity index (χ1n) is 7.84. The molecule has 0 bridgehead atoms. The lowest BCUT2D eigenvalue weighted by Crippen LogP contribution is -2.47. The van der Waals surface area contributed by atoms with Crippen LogP contribution in [0.5, 0.6) is 0 Å². The van der Waals surface area contributed by atoms with E-state index in [0.29, 0.717) is 19.6 Å². The van der Waals surface area contributed by atoms with E-state index in [2.05, 4.69) is 26.7 Å². The maximum atomic E-state index is 11.8. The van der Waals surface area contributed by atoms with Gasteiger partial charge in [0, 0.05) is 38.6 Å². The van der Waals surface area contributed by atoms with E-state index in [-0.39, 0.29) is 11.5 Å². The number of carbonyl (C=O) groups is 1. The summed E-state index contributed by atoms with van der Waals surface area (Å²) in [5.74, 6) is 1.25. The third kappa shape index (κ3) is 3.27. The first-order valence-corrected chi connectivity index (χ1v) is 7.84. The predicted octanol–water partition coefficient (Wildman–Crippen LogP) is 0.774. The number of imidazole rings is 1. The van der Waals surface area contributed by atoms with E-state index in [0.717, 1.165) is 44.8 Å². The van der Waals surface area contributed by atoms with Gasteiger partial charge in [0.05, 0.1) is 25.2 Å². The number of ether oxygens (including phenoxy) is 1. The number of hydrogen-bond acceptors (Lipinski definition) is 4. The van der Waals surface area contributed by atoms with Gasteiger partial charge < -0.3 is 14.6 Å². The Balaban J connectivity index is 1.58. The Bertz CT molecular complexity index is 492. The van der Waals surface area contributed by atoms with Crippen molar-refractivity contribution >= 4 is 5.91 Å². The summed E-state index contributed by atoms with van der Waals surface area (Å²) in [6, 6.07) is 0. The molecule has 6 nitrogen and oxygen atoms in total. The molecule has 0 radical (unpaired) electrons. The van der Waals surface area contributed by atoms with Crippen LogP contribution in [0.1, 0.15) is 32.0 Å². The number of nitrogens with one attached hydrogen (secondary N) is 1. The minimum absolute atomic E-state index is 0.127. The van der Waals surface area contributed by atoms with Crippen molar-refractivity contribution in [1.82, 2.24) is 19.8 Å². The van der Waals surface area contributed by atoms with Gasteiger partial charge in [0.25, 0.3) is 0 Å². The van der Waals surface area contributed by atoms with E-state index in [1.54, 1.807) is 0 Å². The van der Waals surface area contributed by atoms with Gasteiger partial charge in [0.1, 0.15) is 5.82 Å². The molecule has 3 rings (SSSR count). The number of aromatic nitrogens is 2. The molecular formula is C15H24N4O2. The second-order valence-electron chi connectivity index (χ2n) is 5.96. The summed E-state index contributed by atoms with van der Waals surface area (Å²) in [4.78, 5) is 18.6. The maximum Gasteiger partial charge on any atom is 0.222 e. The molecule has 1 aromatic rings. The largest absolute Gasteiger partial charge is 0.373 e. The summed E-state index contributed by atoms with van der Waals surface area (Å²) in [6.07, 6.45) is 6.24. The van der Waals surface area contributed by atoms with Gasteiger partial charge in [0.2, 0.25) is 5.91 Å². The molecule has 116 valence electrons. The van der Waals surface area contributed by atoms with Crippen LogP contribution in [-0.2, 0) is 22.6 Å². The molecule has 2 aliphatic rings. The highest BCUT2D eigenvalue weighted by Crippen LogP contribution is 2.31. The van der Waals surface area contributed by atoms with Crippen molar-refractivity contribution in [2.24, 2.45) is 0 Å². The quantitative estimate of drug-likeness (QED) is 0.894. The number of rotatable bonds is 3. The van der Waals surface area contributed by atoms with Crippen LogP contribution in [0.3, 0.4) is 0 Å². The third-order valence-corrected chi connectivity index (χ3v) is 4.59. The normalized spacial score (nSPS) is 23.0. The zero-order chi connectivity index (χ0) is 14.7. The van der Waals surface area contributed by atoms with Crippen molar-refractivity contribution in [2.45, 2.75) is 44.9 Å². The van der Waals surface area contributed by atoms with Gasteiger partial charge in [-0.3, -0.25) is 9.69 Å². The highest BCUT2D eigenvalue weighted by atomic mass is 16.5. The lowest BCUT2D eigenvalue weighted by atomic mass is 9.87. The van der Waals surface area contributed by atoms with Crippen LogP contribution in [0.25, 0.3) is 0 Å². The molecule has 0 unspecified atom stereocenters. The van der Waals surface area contributed by atoms with Crippen molar-refractivity contribution in [1.29, 1.82) is 0 Å². The molecule has 2 fully saturated rings. The zero-order valence-corrected chi connectivity index (χ0v) is 12.7. The summed E-state index contributed by atoms with van der Waals surface area (Å²) in [6.45, 7) is 7.16. The van der Waals surface area contributed by atoms with Gasteiger partial charge in [-0.1, -0.05) is 0 Å². The molecule has 1 aromatic heterocycles. The Hall–Kier alpha value is -1.40. The first kappa shape index (κ1) is 14.5. The molecule has 0 atom stereocenters. The Morgan fingerprint density at radius 1 is 1.43 bits per heavy atom. The van der Waals surface area contributed by atoms with E-state index in [9.17, 15) is 4.79 Å². The van der Waals surface area contributed by atoms with Crippen LogP contribution < -0.4 is 5.32 Å². The molecule has 0 aromatic carbocycles. The Labute approximate surface area is 125 Å². The summed E-state index contributed by atoms with van der Waals surface area (Å²) in [7, 11) is 0. The van der Waals surface area contributed by atoms with E-state index in [1.807, 2.05) is 12.4 Å². The monoisotopic (exact) mass is 292 g/mol. The smallest absolute Gasteiger partial charge is 0.222 e. The molecule has 3 heterocycles. The molecule has 2 saturated heterocycles. The summed E-state index contributed by atoms with van der Waals surface area (Å²) < 4.78 is 8.18. The van der Waals surface area contributed by atoms with Crippen molar-refractivity contribution in [3.05, 3.63) is 18.2 Å². The third-order valence-electron chi connectivity index (χ3n) is 4.59. The number of amides is 1. The first-order chi connectivity index (χ1) is 10.2. The van der Waals surface area contributed by atoms with Crippen molar-refractivity contribution < 1.29 is 9.53 Å². The average molecular weight is 292 g/mol. The number of carbonyl (C=O) groups excluding carboxylic acids is 1. The molecule has 0 saturated carbocycles. The lowest BCUT2D eigenvalue weighted by Gasteiger charge is -2.40. The Morgan fingerprint density at radius 3 is 3.00 bits per heavy atom. The lowest BCUT2D eigenvalue weighted by molar-refractivity contribution is -0.128. The SMILES string of the molecule is CCn1ccnc1CN1CCC2(CC1)CC(=O)NCCO2. The van der Waals surface area contributed by atoms with E-state index in [4.69, 9.17) is 4.74 Å². The van der Waals surface area contributed by atoms with Crippen LogP contribution in [0.4, 0.5) is 0 Å². The number of likely N-dealkylation sites (tertiary alicyclic amines) is 1. The highest BCUT2D eigenvalue weighted by Gasteiger charge is 2.38. The summed E-state index contributed by atoms with van der Waals surface area (Å²) >= 11 is 0. The molecule has 1 amide bonds. The highest BCUT2D eigenvalue weighted by molar-refractivity contribution is 5.77. The Morgan fingerprint density at radius 2 is 2.24 bits per heavy atom. The number of hydrogen-bond donors (Lipinski definition) is 1. The second-order valence-corrected chi connectivity index (χ2v) is 5.96. The van der Waals surface area contributed by atoms with Gasteiger partial charge >= 0.3 is 0 Å². The van der Waals surface area contributed by atoms with Crippen molar-refractivity contribution in [3.8, 4) is 0 Å². The van der Waals surface area contributed by atoms with Crippen LogP contribution in [0.15, 0.2) is 12.4 Å². The Kier molecular flexibility index (Phi) is 4.26. The van der Waals surface area contributed by atoms with Gasteiger partial charge in [-0.2, -0.15) is 0 Å². The molecule has 1 spiro atoms. The molecular weight excluding hydrogens is 268 g/mol. The summed E-state index contributed by atoms with van der Waals surface area (Å²) in [5, 5.41) is 2.89. The van der Waals surface area contributed by atoms with Gasteiger partial charge in [-0.25, -0.2) is 4.98 Å². The zero-order valence-electron chi connectivity index (χ0n) is 12.7. The van der Waals surface area contributed by atoms with Gasteiger partial charge in [-0.05, 0) is 19.8 Å². The minimum Gasteiger partial charge on any atom is -0.373 e. The maximum absolute atomic E-state index is 11.8. The standard InChI is InChI=1S/C15H24N4O2/c1-2-19-9-5-16-13(19)12-18-7-3-15(4-8-18)11-14(20)17-6-10-21-15/h5,9H,2-4,6-8,10-12H2,1H3,(H,17,20). The fraction of sp³-hybridized carbons (Fsp3) is 0.733. The average Bonchev–Trinajstić information content (AvgIpc) is 2.85. The number of piperidine rings is 1. The van der Waals surface area contributed by atoms with Crippen LogP contribution in [0, 0.1) is 0 Å². The molecule has 2 aliphatic heterocycles. The molecule has 0 aliphatic carbocycles. The summed E-state index contributed by atoms with van der Waals surface area (Å²) in [5.41, 5.74) is -0.239. The van der Waals surface area contributed by atoms with Crippen molar-refractivity contribution in [3.63, 3.8) is 0 Å². The molecule has 21 heavy (non-hydrogen) atoms. The molecule has 1 N–H and O–H groups in total. The van der Waals surface area contributed by atoms with E-state index in [1.165, 1.54) is 0 Å². The van der Waals surface area contributed by atoms with Crippen LogP contribution >= 0.6 is 0 Å².